The van der Waals surface area contributed by atoms with Crippen LogP contribution in [-0.2, 0) is 26.5 Å². The molecule has 0 aliphatic carbocycles. The number of benzene rings is 3. The molecule has 3 nitrogen and oxygen atoms in total. The first kappa shape index (κ1) is 21.7. The molecular weight excluding hydrogens is 621 g/mol. The van der Waals surface area contributed by atoms with Gasteiger partial charge in [0.15, 0.2) is 0 Å². The van der Waals surface area contributed by atoms with Gasteiger partial charge in [0.1, 0.15) is 5.58 Å². The number of para-hydroxylation sites is 1. The molecule has 4 heteroatoms. The van der Waals surface area contributed by atoms with Gasteiger partial charge in [-0.15, -0.1) is 53.6 Å². The van der Waals surface area contributed by atoms with E-state index in [9.17, 15) is 0 Å². The molecule has 0 fully saturated rings. The zero-order valence-electron chi connectivity index (χ0n) is 23.0. The third-order valence-corrected chi connectivity index (χ3v) is 5.91. The SMILES string of the molecule is CCc1ccnc(-c2[c-]cc3c(c2)oc2ccccc23)c1.[2H]C([2H])([2H])c1cnc(-c2[c-]cccc2)cc1C.[Ir]. The van der Waals surface area contributed by atoms with Crippen LogP contribution in [0.5, 0.6) is 0 Å². The van der Waals surface area contributed by atoms with Crippen LogP contribution in [-0.4, -0.2) is 9.97 Å². The number of nitrogens with zero attached hydrogens (tertiary/aromatic N) is 2. The van der Waals surface area contributed by atoms with Gasteiger partial charge in [-0.1, -0.05) is 59.8 Å². The van der Waals surface area contributed by atoms with Gasteiger partial charge in [-0.05, 0) is 54.7 Å². The van der Waals surface area contributed by atoms with E-state index in [0.29, 0.717) is 5.56 Å². The van der Waals surface area contributed by atoms with Crippen LogP contribution < -0.4 is 0 Å². The monoisotopic (exact) mass is 650 g/mol. The van der Waals surface area contributed by atoms with Crippen molar-refractivity contribution < 1.29 is 28.6 Å². The van der Waals surface area contributed by atoms with Gasteiger partial charge in [0.25, 0.3) is 0 Å². The van der Waals surface area contributed by atoms with Crippen molar-refractivity contribution in [2.45, 2.75) is 27.1 Å². The van der Waals surface area contributed by atoms with Gasteiger partial charge in [-0.25, -0.2) is 0 Å². The largest absolute Gasteiger partial charge is 0.476 e. The molecule has 0 amide bonds. The topological polar surface area (TPSA) is 38.9 Å². The van der Waals surface area contributed by atoms with Crippen molar-refractivity contribution in [3.05, 3.63) is 120 Å². The number of furan rings is 1. The standard InChI is InChI=1S/C19H14NO.C13H12N.Ir/c1-2-13-9-10-20-17(11-13)14-7-8-16-15-5-3-4-6-18(15)21-19(16)12-14;1-10-8-13(14-9-11(10)2)12-6-4-3-5-7-12;/h3-6,8-12H,2H2,1H3;3-6,8-9H,1-2H3;/q2*-1;/i;2D3;. The summed E-state index contributed by atoms with van der Waals surface area (Å²) in [5, 5.41) is 2.23. The normalized spacial score (nSPS) is 12.1. The number of hydrogen-bond donors (Lipinski definition) is 0. The Bertz CT molecular complexity index is 1710. The van der Waals surface area contributed by atoms with E-state index in [1.165, 1.54) is 11.8 Å². The van der Waals surface area contributed by atoms with Crippen molar-refractivity contribution in [2.24, 2.45) is 0 Å². The fourth-order valence-corrected chi connectivity index (χ4v) is 3.91. The van der Waals surface area contributed by atoms with Gasteiger partial charge >= 0.3 is 0 Å². The second kappa shape index (κ2) is 11.4. The molecule has 36 heavy (non-hydrogen) atoms. The average Bonchev–Trinajstić information content (AvgIpc) is 3.31. The summed E-state index contributed by atoms with van der Waals surface area (Å²) in [6.07, 6.45) is 4.28. The Kier molecular flexibility index (Phi) is 6.88. The molecule has 0 saturated heterocycles. The maximum atomic E-state index is 7.37. The molecule has 0 aliphatic heterocycles. The number of pyridine rings is 2. The van der Waals surface area contributed by atoms with Gasteiger partial charge in [0.05, 0.1) is 5.58 Å². The van der Waals surface area contributed by atoms with Crippen LogP contribution in [0, 0.1) is 25.9 Å². The van der Waals surface area contributed by atoms with Crippen LogP contribution in [0.2, 0.25) is 0 Å². The van der Waals surface area contributed by atoms with Gasteiger partial charge in [-0.2, -0.15) is 0 Å². The van der Waals surface area contributed by atoms with E-state index in [1.807, 2.05) is 66.9 Å². The maximum Gasteiger partial charge on any atom is 0.123 e. The van der Waals surface area contributed by atoms with Crippen molar-refractivity contribution in [2.75, 3.05) is 0 Å². The molecule has 0 saturated carbocycles. The summed E-state index contributed by atoms with van der Waals surface area (Å²) < 4.78 is 28.0. The molecule has 6 aromatic rings. The Morgan fingerprint density at radius 1 is 0.833 bits per heavy atom. The second-order valence-electron chi connectivity index (χ2n) is 8.29. The molecule has 3 heterocycles. The van der Waals surface area contributed by atoms with Crippen molar-refractivity contribution in [1.82, 2.24) is 9.97 Å². The molecule has 0 atom stereocenters. The molecule has 0 bridgehead atoms. The summed E-state index contributed by atoms with van der Waals surface area (Å²) in [6, 6.07) is 31.9. The fraction of sp³-hybridized carbons (Fsp3) is 0.125. The molecule has 3 aromatic heterocycles. The van der Waals surface area contributed by atoms with Gasteiger partial charge in [0, 0.05) is 36.6 Å². The van der Waals surface area contributed by atoms with Crippen LogP contribution in [0.1, 0.15) is 27.7 Å². The van der Waals surface area contributed by atoms with Crippen LogP contribution in [0.25, 0.3) is 44.5 Å². The summed E-state index contributed by atoms with van der Waals surface area (Å²) in [6.45, 7) is 1.83. The van der Waals surface area contributed by atoms with Crippen LogP contribution in [0.15, 0.2) is 95.7 Å². The quantitative estimate of drug-likeness (QED) is 0.182. The summed E-state index contributed by atoms with van der Waals surface area (Å²) in [5.41, 5.74) is 7.63. The van der Waals surface area contributed by atoms with Crippen molar-refractivity contribution in [3.63, 3.8) is 0 Å². The Morgan fingerprint density at radius 2 is 1.67 bits per heavy atom. The van der Waals surface area contributed by atoms with E-state index in [2.05, 4.69) is 41.2 Å². The van der Waals surface area contributed by atoms with E-state index >= 15 is 0 Å². The zero-order chi connectivity index (χ0) is 26.7. The first-order valence-electron chi connectivity index (χ1n) is 13.1. The number of fused-ring (bicyclic) bond motifs is 3. The third kappa shape index (κ3) is 5.46. The molecular formula is C32H26IrN2O-2. The van der Waals surface area contributed by atoms with E-state index < -0.39 is 6.85 Å². The Balaban J connectivity index is 0.000000181. The van der Waals surface area contributed by atoms with Crippen molar-refractivity contribution in [3.8, 4) is 22.5 Å². The molecule has 3 aromatic carbocycles. The Morgan fingerprint density at radius 3 is 2.44 bits per heavy atom. The minimum atomic E-state index is -2.10. The average molecular weight is 650 g/mol. The molecule has 181 valence electrons. The van der Waals surface area contributed by atoms with E-state index in [4.69, 9.17) is 8.53 Å². The Labute approximate surface area is 229 Å². The zero-order valence-corrected chi connectivity index (χ0v) is 22.4. The van der Waals surface area contributed by atoms with E-state index in [-0.39, 0.29) is 20.1 Å². The maximum absolute atomic E-state index is 7.37. The summed E-state index contributed by atoms with van der Waals surface area (Å²) in [4.78, 5) is 8.63. The predicted molar refractivity (Wildman–Crippen MR) is 143 cm³/mol. The van der Waals surface area contributed by atoms with Crippen LogP contribution >= 0.6 is 0 Å². The minimum absolute atomic E-state index is 0. The van der Waals surface area contributed by atoms with Gasteiger partial charge < -0.3 is 14.4 Å². The van der Waals surface area contributed by atoms with Crippen molar-refractivity contribution >= 4 is 21.9 Å². The van der Waals surface area contributed by atoms with Gasteiger partial charge in [0.2, 0.25) is 0 Å². The summed E-state index contributed by atoms with van der Waals surface area (Å²) in [5.74, 6) is 0. The first-order valence-corrected chi connectivity index (χ1v) is 11.6. The first-order chi connectivity index (χ1) is 18.3. The van der Waals surface area contributed by atoms with Crippen molar-refractivity contribution in [1.29, 1.82) is 0 Å². The molecule has 0 aliphatic rings. The molecule has 0 unspecified atom stereocenters. The van der Waals surface area contributed by atoms with E-state index in [0.717, 1.165) is 56.4 Å². The molecule has 6 rings (SSSR count). The minimum Gasteiger partial charge on any atom is -0.476 e. The number of aryl methyl sites for hydroxylation is 3. The number of aromatic nitrogens is 2. The molecule has 1 radical (unpaired) electrons. The molecule has 0 N–H and O–H groups in total. The van der Waals surface area contributed by atoms with E-state index in [1.54, 1.807) is 13.0 Å². The predicted octanol–water partition coefficient (Wildman–Crippen LogP) is 8.17. The van der Waals surface area contributed by atoms with Crippen LogP contribution in [0.4, 0.5) is 0 Å². The van der Waals surface area contributed by atoms with Gasteiger partial charge in [-0.3, -0.25) is 0 Å². The summed E-state index contributed by atoms with van der Waals surface area (Å²) in [7, 11) is 0. The second-order valence-corrected chi connectivity index (χ2v) is 8.29. The van der Waals surface area contributed by atoms with Crippen LogP contribution in [0.3, 0.4) is 0 Å². The number of rotatable bonds is 3. The fourth-order valence-electron chi connectivity index (χ4n) is 3.91. The Hall–Kier alpha value is -3.59. The smallest absolute Gasteiger partial charge is 0.123 e. The third-order valence-electron chi connectivity index (χ3n) is 5.91. The molecule has 0 spiro atoms. The summed E-state index contributed by atoms with van der Waals surface area (Å²) >= 11 is 0. The number of hydrogen-bond acceptors (Lipinski definition) is 3.